The molecule has 0 aliphatic heterocycles. The Morgan fingerprint density at radius 1 is 0.750 bits per heavy atom. The van der Waals surface area contributed by atoms with Crippen LogP contribution in [0.4, 0.5) is 0 Å². The van der Waals surface area contributed by atoms with Crippen LogP contribution in [-0.4, -0.2) is 9.97 Å². The van der Waals surface area contributed by atoms with Crippen molar-refractivity contribution >= 4 is 21.5 Å². The van der Waals surface area contributed by atoms with Crippen LogP contribution in [0.3, 0.4) is 0 Å². The number of aryl methyl sites for hydroxylation is 3. The molecular weight excluding hydrogens is 292 g/mol. The van der Waals surface area contributed by atoms with Gasteiger partial charge in [0.2, 0.25) is 0 Å². The van der Waals surface area contributed by atoms with Crippen molar-refractivity contribution < 1.29 is 0 Å². The maximum absolute atomic E-state index is 4.68. The van der Waals surface area contributed by atoms with Gasteiger partial charge in [0.05, 0.1) is 5.69 Å². The van der Waals surface area contributed by atoms with E-state index in [0.29, 0.717) is 0 Å². The summed E-state index contributed by atoms with van der Waals surface area (Å²) in [6.07, 6.45) is 4.73. The lowest BCUT2D eigenvalue weighted by Gasteiger charge is -2.11. The van der Waals surface area contributed by atoms with Crippen molar-refractivity contribution in [1.29, 1.82) is 0 Å². The van der Waals surface area contributed by atoms with E-state index in [1.807, 2.05) is 19.3 Å². The molecule has 0 unspecified atom stereocenters. The standard InChI is InChI=1S/C22H20N2/c1-14-4-5-20-17(8-14)6-7-23-22(20)12-18-9-15(2)10-19-13-24-16(3)11-21(18)19/h4-11,13H,12H2,1-3H3. The van der Waals surface area contributed by atoms with E-state index in [0.717, 1.165) is 17.8 Å². The molecule has 2 aromatic heterocycles. The van der Waals surface area contributed by atoms with Crippen LogP contribution >= 0.6 is 0 Å². The molecule has 0 spiro atoms. The van der Waals surface area contributed by atoms with E-state index in [-0.39, 0.29) is 0 Å². The Bertz CT molecular complexity index is 1060. The zero-order chi connectivity index (χ0) is 16.7. The van der Waals surface area contributed by atoms with Gasteiger partial charge in [-0.1, -0.05) is 35.4 Å². The van der Waals surface area contributed by atoms with Gasteiger partial charge in [-0.15, -0.1) is 0 Å². The molecule has 2 heterocycles. The van der Waals surface area contributed by atoms with E-state index in [4.69, 9.17) is 0 Å². The Morgan fingerprint density at radius 2 is 1.58 bits per heavy atom. The van der Waals surface area contributed by atoms with Crippen molar-refractivity contribution in [3.63, 3.8) is 0 Å². The normalized spacial score (nSPS) is 11.3. The molecule has 2 nitrogen and oxygen atoms in total. The minimum absolute atomic E-state index is 0.835. The molecule has 0 N–H and O–H groups in total. The highest BCUT2D eigenvalue weighted by Crippen LogP contribution is 2.26. The van der Waals surface area contributed by atoms with Crippen LogP contribution in [0.15, 0.2) is 54.9 Å². The Kier molecular flexibility index (Phi) is 3.53. The summed E-state index contributed by atoms with van der Waals surface area (Å²) in [4.78, 5) is 9.12. The molecule has 24 heavy (non-hydrogen) atoms. The summed E-state index contributed by atoms with van der Waals surface area (Å²) in [7, 11) is 0. The fraction of sp³-hybridized carbons (Fsp3) is 0.182. The first-order valence-corrected chi connectivity index (χ1v) is 8.30. The quantitative estimate of drug-likeness (QED) is 0.502. The summed E-state index contributed by atoms with van der Waals surface area (Å²) in [5.74, 6) is 0. The maximum atomic E-state index is 4.68. The lowest BCUT2D eigenvalue weighted by molar-refractivity contribution is 1.10. The number of nitrogens with zero attached hydrogens (tertiary/aromatic N) is 2. The molecule has 0 atom stereocenters. The Hall–Kier alpha value is -2.74. The fourth-order valence-electron chi connectivity index (χ4n) is 3.43. The number of hydrogen-bond donors (Lipinski definition) is 0. The number of benzene rings is 2. The van der Waals surface area contributed by atoms with E-state index in [1.54, 1.807) is 0 Å². The maximum Gasteiger partial charge on any atom is 0.0525 e. The average Bonchev–Trinajstić information content (AvgIpc) is 2.55. The smallest absolute Gasteiger partial charge is 0.0525 e. The lowest BCUT2D eigenvalue weighted by Crippen LogP contribution is -1.97. The molecule has 0 aliphatic carbocycles. The number of rotatable bonds is 2. The van der Waals surface area contributed by atoms with Crippen molar-refractivity contribution in [3.05, 3.63) is 82.9 Å². The van der Waals surface area contributed by atoms with Gasteiger partial charge in [0.1, 0.15) is 0 Å². The van der Waals surface area contributed by atoms with Crippen LogP contribution in [-0.2, 0) is 6.42 Å². The van der Waals surface area contributed by atoms with E-state index < -0.39 is 0 Å². The van der Waals surface area contributed by atoms with Gasteiger partial charge in [-0.3, -0.25) is 9.97 Å². The highest BCUT2D eigenvalue weighted by Gasteiger charge is 2.09. The van der Waals surface area contributed by atoms with Crippen LogP contribution in [0, 0.1) is 20.8 Å². The Balaban J connectivity index is 1.90. The van der Waals surface area contributed by atoms with Crippen LogP contribution in [0.25, 0.3) is 21.5 Å². The molecular formula is C22H20N2. The third-order valence-corrected chi connectivity index (χ3v) is 4.56. The van der Waals surface area contributed by atoms with Gasteiger partial charge < -0.3 is 0 Å². The molecule has 4 rings (SSSR count). The van der Waals surface area contributed by atoms with E-state index in [9.17, 15) is 0 Å². The van der Waals surface area contributed by atoms with Crippen molar-refractivity contribution in [2.75, 3.05) is 0 Å². The summed E-state index contributed by atoms with van der Waals surface area (Å²) in [6.45, 7) is 6.31. The van der Waals surface area contributed by atoms with Crippen LogP contribution in [0.1, 0.15) is 28.1 Å². The fourth-order valence-corrected chi connectivity index (χ4v) is 3.43. The van der Waals surface area contributed by atoms with Gasteiger partial charge in [-0.25, -0.2) is 0 Å². The molecule has 0 aliphatic rings. The SMILES string of the molecule is Cc1cc(Cc2nccc3cc(C)ccc23)c2cc(C)ncc2c1. The van der Waals surface area contributed by atoms with Crippen LogP contribution < -0.4 is 0 Å². The topological polar surface area (TPSA) is 25.8 Å². The second-order valence-electron chi connectivity index (χ2n) is 6.63. The second kappa shape index (κ2) is 5.72. The number of fused-ring (bicyclic) bond motifs is 2. The molecule has 2 heteroatoms. The molecule has 118 valence electrons. The monoisotopic (exact) mass is 312 g/mol. The molecule has 0 saturated heterocycles. The summed E-state index contributed by atoms with van der Waals surface area (Å²) >= 11 is 0. The predicted molar refractivity (Wildman–Crippen MR) is 101 cm³/mol. The summed E-state index contributed by atoms with van der Waals surface area (Å²) in [6, 6.07) is 15.3. The van der Waals surface area contributed by atoms with Gasteiger partial charge >= 0.3 is 0 Å². The summed E-state index contributed by atoms with van der Waals surface area (Å²) in [5, 5.41) is 4.98. The third-order valence-electron chi connectivity index (χ3n) is 4.56. The van der Waals surface area contributed by atoms with Gasteiger partial charge in [0, 0.05) is 35.3 Å². The minimum Gasteiger partial charge on any atom is -0.261 e. The number of pyridine rings is 2. The minimum atomic E-state index is 0.835. The van der Waals surface area contributed by atoms with E-state index >= 15 is 0 Å². The van der Waals surface area contributed by atoms with Crippen LogP contribution in [0.5, 0.6) is 0 Å². The van der Waals surface area contributed by atoms with Gasteiger partial charge in [0.15, 0.2) is 0 Å². The Labute approximate surface area is 142 Å². The summed E-state index contributed by atoms with van der Waals surface area (Å²) in [5.41, 5.74) is 6.04. The zero-order valence-electron chi connectivity index (χ0n) is 14.3. The van der Waals surface area contributed by atoms with Gasteiger partial charge in [-0.2, -0.15) is 0 Å². The molecule has 0 amide bonds. The van der Waals surface area contributed by atoms with Crippen molar-refractivity contribution in [2.45, 2.75) is 27.2 Å². The van der Waals surface area contributed by atoms with Gasteiger partial charge in [0.25, 0.3) is 0 Å². The Morgan fingerprint density at radius 3 is 2.46 bits per heavy atom. The first-order valence-electron chi connectivity index (χ1n) is 8.30. The molecule has 2 aromatic carbocycles. The van der Waals surface area contributed by atoms with Crippen molar-refractivity contribution in [1.82, 2.24) is 9.97 Å². The third kappa shape index (κ3) is 2.65. The highest BCUT2D eigenvalue weighted by atomic mass is 14.7. The van der Waals surface area contributed by atoms with Crippen LogP contribution in [0.2, 0.25) is 0 Å². The van der Waals surface area contributed by atoms with E-state index in [1.165, 1.54) is 38.2 Å². The molecule has 0 radical (unpaired) electrons. The molecule has 0 fully saturated rings. The largest absolute Gasteiger partial charge is 0.261 e. The molecule has 0 saturated carbocycles. The first kappa shape index (κ1) is 14.8. The average molecular weight is 312 g/mol. The molecule has 4 aromatic rings. The second-order valence-corrected chi connectivity index (χ2v) is 6.63. The predicted octanol–water partition coefficient (Wildman–Crippen LogP) is 5.30. The summed E-state index contributed by atoms with van der Waals surface area (Å²) < 4.78 is 0. The lowest BCUT2D eigenvalue weighted by atomic mass is 9.96. The number of aromatic nitrogens is 2. The molecule has 0 bridgehead atoms. The van der Waals surface area contributed by atoms with Gasteiger partial charge in [-0.05, 0) is 55.3 Å². The highest BCUT2D eigenvalue weighted by molar-refractivity contribution is 5.88. The first-order chi connectivity index (χ1) is 11.6. The number of hydrogen-bond acceptors (Lipinski definition) is 2. The van der Waals surface area contributed by atoms with Crippen molar-refractivity contribution in [3.8, 4) is 0 Å². The van der Waals surface area contributed by atoms with E-state index in [2.05, 4.69) is 66.3 Å². The van der Waals surface area contributed by atoms with Crippen molar-refractivity contribution in [2.24, 2.45) is 0 Å². The zero-order valence-corrected chi connectivity index (χ0v) is 14.3.